The van der Waals surface area contributed by atoms with Crippen molar-refractivity contribution in [2.45, 2.75) is 13.8 Å². The van der Waals surface area contributed by atoms with Gasteiger partial charge in [-0.3, -0.25) is 19.8 Å². The van der Waals surface area contributed by atoms with E-state index in [0.717, 1.165) is 20.1 Å². The first-order valence-corrected chi connectivity index (χ1v) is 11.9. The summed E-state index contributed by atoms with van der Waals surface area (Å²) in [5, 5.41) is 6.16. The van der Waals surface area contributed by atoms with Gasteiger partial charge in [0.05, 0.1) is 5.52 Å². The maximum Gasteiger partial charge on any atom is 0.328 e. The predicted octanol–water partition coefficient (Wildman–Crippen LogP) is 5.74. The topological polar surface area (TPSA) is 92.2 Å². The van der Waals surface area contributed by atoms with Crippen LogP contribution in [0.1, 0.15) is 21.6 Å². The molecule has 0 unspecified atom stereocenters. The summed E-state index contributed by atoms with van der Waals surface area (Å²) >= 11 is 6.84. The number of carbonyl (C=O) groups is 3. The van der Waals surface area contributed by atoms with E-state index in [1.807, 2.05) is 38.1 Å². The third kappa shape index (κ3) is 5.21. The number of amides is 3. The van der Waals surface area contributed by atoms with Crippen molar-refractivity contribution in [3.63, 3.8) is 0 Å². The lowest BCUT2D eigenvalue weighted by Gasteiger charge is -2.14. The molecule has 172 valence electrons. The maximum absolute atomic E-state index is 13.2. The lowest BCUT2D eigenvalue weighted by Crippen LogP contribution is -2.36. The average Bonchev–Trinajstić information content (AvgIpc) is 3.13. The number of hydrogen-bond donors (Lipinski definition) is 3. The molecule has 7 nitrogen and oxygen atoms in total. The van der Waals surface area contributed by atoms with E-state index in [1.165, 1.54) is 4.68 Å². The van der Waals surface area contributed by atoms with Crippen LogP contribution in [-0.2, 0) is 9.59 Å². The smallest absolute Gasteiger partial charge is 0.320 e. The Morgan fingerprint density at radius 1 is 0.794 bits per heavy atom. The number of rotatable bonds is 4. The van der Waals surface area contributed by atoms with Gasteiger partial charge in [0.2, 0.25) is 0 Å². The number of anilines is 2. The first kappa shape index (κ1) is 23.7. The summed E-state index contributed by atoms with van der Waals surface area (Å²) in [5.41, 5.74) is 6.26. The van der Waals surface area contributed by atoms with Crippen molar-refractivity contribution in [1.82, 2.24) is 4.68 Å². The Hall–Kier alpha value is -3.43. The lowest BCUT2D eigenvalue weighted by atomic mass is 10.2. The molecular weight excluding hydrogens is 564 g/mol. The molecule has 0 fully saturated rings. The highest BCUT2D eigenvalue weighted by Crippen LogP contribution is 2.25. The molecule has 0 aliphatic rings. The standard InChI is InChI=1S/C25H20Br2N4O3/c1-14-4-3-5-19(10-14)28-24(33)25(34)30-31-21-9-7-18(27)12-16(21)13-22(31)23(32)29-20-8-6-17(26)11-15(20)2/h3-13H,1-2H3,(H,28,33)(H,29,32)(H,30,34). The molecule has 0 atom stereocenters. The third-order valence-corrected chi connectivity index (χ3v) is 6.11. The highest BCUT2D eigenvalue weighted by Gasteiger charge is 2.21. The molecule has 1 heterocycles. The van der Waals surface area contributed by atoms with Crippen molar-refractivity contribution in [3.05, 3.63) is 92.5 Å². The molecule has 0 bridgehead atoms. The van der Waals surface area contributed by atoms with Crippen molar-refractivity contribution in [2.24, 2.45) is 0 Å². The third-order valence-electron chi connectivity index (χ3n) is 5.13. The zero-order valence-corrected chi connectivity index (χ0v) is 21.5. The fourth-order valence-electron chi connectivity index (χ4n) is 3.49. The van der Waals surface area contributed by atoms with Gasteiger partial charge < -0.3 is 10.6 Å². The minimum atomic E-state index is -0.907. The number of aromatic nitrogens is 1. The first-order valence-electron chi connectivity index (χ1n) is 10.3. The van der Waals surface area contributed by atoms with Crippen molar-refractivity contribution < 1.29 is 14.4 Å². The Morgan fingerprint density at radius 3 is 2.26 bits per heavy atom. The number of nitrogens with zero attached hydrogens (tertiary/aromatic N) is 1. The first-order chi connectivity index (χ1) is 16.2. The Labute approximate surface area is 212 Å². The monoisotopic (exact) mass is 582 g/mol. The van der Waals surface area contributed by atoms with E-state index in [0.29, 0.717) is 22.3 Å². The summed E-state index contributed by atoms with van der Waals surface area (Å²) < 4.78 is 3.04. The van der Waals surface area contributed by atoms with Gasteiger partial charge in [0.15, 0.2) is 0 Å². The minimum Gasteiger partial charge on any atom is -0.320 e. The summed E-state index contributed by atoms with van der Waals surface area (Å²) in [6.45, 7) is 3.77. The van der Waals surface area contributed by atoms with Gasteiger partial charge in [0.25, 0.3) is 5.91 Å². The van der Waals surface area contributed by atoms with Crippen molar-refractivity contribution in [2.75, 3.05) is 16.1 Å². The van der Waals surface area contributed by atoms with Gasteiger partial charge in [0, 0.05) is 25.7 Å². The molecule has 9 heteroatoms. The van der Waals surface area contributed by atoms with Crippen LogP contribution in [0.15, 0.2) is 75.7 Å². The number of hydrogen-bond acceptors (Lipinski definition) is 3. The van der Waals surface area contributed by atoms with E-state index < -0.39 is 17.7 Å². The van der Waals surface area contributed by atoms with Gasteiger partial charge in [-0.2, -0.15) is 0 Å². The van der Waals surface area contributed by atoms with Crippen LogP contribution in [0.5, 0.6) is 0 Å². The van der Waals surface area contributed by atoms with Gasteiger partial charge in [-0.15, -0.1) is 0 Å². The highest BCUT2D eigenvalue weighted by molar-refractivity contribution is 9.10. The second-order valence-electron chi connectivity index (χ2n) is 7.75. The lowest BCUT2D eigenvalue weighted by molar-refractivity contribution is -0.133. The number of aryl methyl sites for hydroxylation is 2. The molecule has 0 saturated carbocycles. The fraction of sp³-hybridized carbons (Fsp3) is 0.0800. The average molecular weight is 584 g/mol. The molecule has 3 amide bonds. The number of fused-ring (bicyclic) bond motifs is 1. The molecule has 0 aliphatic heterocycles. The molecule has 4 aromatic rings. The fourth-order valence-corrected chi connectivity index (χ4v) is 4.34. The normalized spacial score (nSPS) is 10.7. The summed E-state index contributed by atoms with van der Waals surface area (Å²) in [7, 11) is 0. The number of benzene rings is 3. The Kier molecular flexibility index (Phi) is 6.85. The van der Waals surface area contributed by atoms with Crippen LogP contribution in [0.3, 0.4) is 0 Å². The molecule has 4 rings (SSSR count). The van der Waals surface area contributed by atoms with Gasteiger partial charge in [-0.05, 0) is 79.6 Å². The zero-order chi connectivity index (χ0) is 24.4. The van der Waals surface area contributed by atoms with Gasteiger partial charge in [-0.25, -0.2) is 4.68 Å². The van der Waals surface area contributed by atoms with E-state index in [4.69, 9.17) is 0 Å². The summed E-state index contributed by atoms with van der Waals surface area (Å²) in [6, 6.07) is 19.6. The van der Waals surface area contributed by atoms with Gasteiger partial charge >= 0.3 is 11.8 Å². The van der Waals surface area contributed by atoms with E-state index >= 15 is 0 Å². The van der Waals surface area contributed by atoms with Crippen LogP contribution >= 0.6 is 31.9 Å². The van der Waals surface area contributed by atoms with Crippen molar-refractivity contribution in [1.29, 1.82) is 0 Å². The van der Waals surface area contributed by atoms with Crippen molar-refractivity contribution >= 4 is 71.9 Å². The van der Waals surface area contributed by atoms with Crippen LogP contribution in [0.25, 0.3) is 10.9 Å². The maximum atomic E-state index is 13.2. The number of nitrogens with one attached hydrogen (secondary N) is 3. The molecule has 0 saturated heterocycles. The summed E-state index contributed by atoms with van der Waals surface area (Å²) in [6.07, 6.45) is 0. The molecule has 0 spiro atoms. The molecule has 1 aromatic heterocycles. The van der Waals surface area contributed by atoms with Gasteiger partial charge in [-0.1, -0.05) is 44.0 Å². The predicted molar refractivity (Wildman–Crippen MR) is 141 cm³/mol. The van der Waals surface area contributed by atoms with Crippen molar-refractivity contribution in [3.8, 4) is 0 Å². The SMILES string of the molecule is Cc1cccc(NC(=O)C(=O)Nn2c(C(=O)Nc3ccc(Br)cc3C)cc3cc(Br)ccc32)c1. The summed E-state index contributed by atoms with van der Waals surface area (Å²) in [4.78, 5) is 38.5. The van der Waals surface area contributed by atoms with Crippen LogP contribution in [0.4, 0.5) is 11.4 Å². The van der Waals surface area contributed by atoms with Crippen LogP contribution < -0.4 is 16.1 Å². The van der Waals surface area contributed by atoms with E-state index in [-0.39, 0.29) is 5.69 Å². The summed E-state index contributed by atoms with van der Waals surface area (Å²) in [5.74, 6) is -2.19. The molecule has 0 aliphatic carbocycles. The Bertz CT molecular complexity index is 1450. The molecule has 0 radical (unpaired) electrons. The minimum absolute atomic E-state index is 0.173. The number of halogens is 2. The Morgan fingerprint density at radius 2 is 1.53 bits per heavy atom. The van der Waals surface area contributed by atoms with Crippen LogP contribution in [0.2, 0.25) is 0 Å². The largest absolute Gasteiger partial charge is 0.328 e. The van der Waals surface area contributed by atoms with Crippen LogP contribution in [0, 0.1) is 13.8 Å². The molecular formula is C25H20Br2N4O3. The van der Waals surface area contributed by atoms with E-state index in [1.54, 1.807) is 42.5 Å². The Balaban J connectivity index is 1.64. The molecule has 3 N–H and O–H groups in total. The molecule has 34 heavy (non-hydrogen) atoms. The van der Waals surface area contributed by atoms with Crippen LogP contribution in [-0.4, -0.2) is 22.4 Å². The zero-order valence-electron chi connectivity index (χ0n) is 18.3. The van der Waals surface area contributed by atoms with E-state index in [2.05, 4.69) is 47.9 Å². The van der Waals surface area contributed by atoms with E-state index in [9.17, 15) is 14.4 Å². The highest BCUT2D eigenvalue weighted by atomic mass is 79.9. The second kappa shape index (κ2) is 9.82. The van der Waals surface area contributed by atoms with Gasteiger partial charge in [0.1, 0.15) is 5.69 Å². The molecule has 3 aromatic carbocycles. The second-order valence-corrected chi connectivity index (χ2v) is 9.58. The quantitative estimate of drug-likeness (QED) is 0.267. The number of carbonyl (C=O) groups excluding carboxylic acids is 3.